The molecular formula is C17H22N4O2. The van der Waals surface area contributed by atoms with Gasteiger partial charge in [0.1, 0.15) is 0 Å². The molecule has 3 rings (SSSR count). The summed E-state index contributed by atoms with van der Waals surface area (Å²) < 4.78 is 1.25. The van der Waals surface area contributed by atoms with Crippen LogP contribution in [0.15, 0.2) is 35.1 Å². The molecule has 6 heteroatoms. The van der Waals surface area contributed by atoms with Crippen molar-refractivity contribution < 1.29 is 4.79 Å². The van der Waals surface area contributed by atoms with Crippen molar-refractivity contribution in [2.24, 2.45) is 5.41 Å². The minimum atomic E-state index is -0.347. The van der Waals surface area contributed by atoms with Gasteiger partial charge in [-0.2, -0.15) is 0 Å². The maximum absolute atomic E-state index is 12.2. The van der Waals surface area contributed by atoms with Gasteiger partial charge in [-0.15, -0.1) is 5.10 Å². The van der Waals surface area contributed by atoms with E-state index < -0.39 is 0 Å². The average molecular weight is 314 g/mol. The van der Waals surface area contributed by atoms with E-state index in [2.05, 4.69) is 27.5 Å². The van der Waals surface area contributed by atoms with Gasteiger partial charge in [0, 0.05) is 13.1 Å². The van der Waals surface area contributed by atoms with Gasteiger partial charge in [0.15, 0.2) is 0 Å². The zero-order chi connectivity index (χ0) is 16.3. The third-order valence-electron chi connectivity index (χ3n) is 4.66. The molecule has 122 valence electrons. The molecule has 0 radical (unpaired) electrons. The van der Waals surface area contributed by atoms with Crippen molar-refractivity contribution in [3.8, 4) is 0 Å². The fourth-order valence-corrected chi connectivity index (χ4v) is 3.15. The maximum Gasteiger partial charge on any atom is 0.343 e. The summed E-state index contributed by atoms with van der Waals surface area (Å²) in [7, 11) is 0. The van der Waals surface area contributed by atoms with E-state index in [4.69, 9.17) is 0 Å². The third kappa shape index (κ3) is 3.36. The minimum absolute atomic E-state index is 0.0889. The van der Waals surface area contributed by atoms with Crippen LogP contribution in [0.3, 0.4) is 0 Å². The van der Waals surface area contributed by atoms with E-state index in [1.165, 1.54) is 16.7 Å². The number of nitrogens with one attached hydrogen (secondary N) is 2. The Morgan fingerprint density at radius 3 is 2.65 bits per heavy atom. The normalized spacial score (nSPS) is 15.9. The highest BCUT2D eigenvalue weighted by molar-refractivity contribution is 5.90. The number of amides is 1. The Labute approximate surface area is 134 Å². The van der Waals surface area contributed by atoms with Crippen LogP contribution in [0.4, 0.5) is 0 Å². The van der Waals surface area contributed by atoms with Gasteiger partial charge < -0.3 is 5.32 Å². The van der Waals surface area contributed by atoms with Crippen molar-refractivity contribution in [2.45, 2.75) is 39.2 Å². The summed E-state index contributed by atoms with van der Waals surface area (Å²) in [6, 6.07) is 10.4. The number of hydrogen-bond donors (Lipinski definition) is 2. The highest BCUT2D eigenvalue weighted by Crippen LogP contribution is 2.43. The topological polar surface area (TPSA) is 79.8 Å². The second-order valence-electron chi connectivity index (χ2n) is 6.29. The number of nitrogens with zero attached hydrogens (tertiary/aromatic N) is 2. The molecule has 1 aliphatic rings. The number of hydrogen-bond acceptors (Lipinski definition) is 3. The summed E-state index contributed by atoms with van der Waals surface area (Å²) in [6.45, 7) is 2.87. The predicted octanol–water partition coefficient (Wildman–Crippen LogP) is 1.73. The summed E-state index contributed by atoms with van der Waals surface area (Å²) in [5, 5.41) is 6.93. The molecule has 0 spiro atoms. The second kappa shape index (κ2) is 6.40. The second-order valence-corrected chi connectivity index (χ2v) is 6.29. The number of carbonyl (C=O) groups excluding carboxylic acids is 1. The number of carbonyl (C=O) groups is 1. The first-order valence-corrected chi connectivity index (χ1v) is 8.11. The number of benzene rings is 1. The molecule has 0 atom stereocenters. The van der Waals surface area contributed by atoms with E-state index >= 15 is 0 Å². The first-order valence-electron chi connectivity index (χ1n) is 8.11. The molecule has 2 N–H and O–H groups in total. The Morgan fingerprint density at radius 1 is 1.35 bits per heavy atom. The van der Waals surface area contributed by atoms with Gasteiger partial charge in [-0.1, -0.05) is 36.8 Å². The summed E-state index contributed by atoms with van der Waals surface area (Å²) in [5.74, 6) is -0.223. The number of rotatable bonds is 6. The van der Waals surface area contributed by atoms with Crippen molar-refractivity contribution in [1.82, 2.24) is 20.1 Å². The Hall–Kier alpha value is -2.37. The van der Waals surface area contributed by atoms with Crippen LogP contribution in [0, 0.1) is 5.41 Å². The van der Waals surface area contributed by atoms with Crippen molar-refractivity contribution in [2.75, 3.05) is 6.54 Å². The van der Waals surface area contributed by atoms with Gasteiger partial charge in [-0.3, -0.25) is 9.78 Å². The molecule has 1 saturated carbocycles. The van der Waals surface area contributed by atoms with Gasteiger partial charge in [0.05, 0.1) is 0 Å². The first kappa shape index (κ1) is 15.5. The molecular weight excluding hydrogens is 292 g/mol. The van der Waals surface area contributed by atoms with Crippen molar-refractivity contribution in [3.05, 3.63) is 52.2 Å². The molecule has 1 fully saturated rings. The predicted molar refractivity (Wildman–Crippen MR) is 87.3 cm³/mol. The minimum Gasteiger partial charge on any atom is -0.349 e. The lowest BCUT2D eigenvalue weighted by Crippen LogP contribution is -2.44. The van der Waals surface area contributed by atoms with Crippen LogP contribution in [0.2, 0.25) is 0 Å². The molecule has 1 aromatic carbocycles. The number of aromatic nitrogens is 3. The van der Waals surface area contributed by atoms with Crippen LogP contribution in [-0.2, 0) is 13.0 Å². The highest BCUT2D eigenvalue weighted by atomic mass is 16.2. The Morgan fingerprint density at radius 2 is 2.09 bits per heavy atom. The quantitative estimate of drug-likeness (QED) is 0.852. The van der Waals surface area contributed by atoms with Crippen LogP contribution in [0.1, 0.15) is 42.4 Å². The van der Waals surface area contributed by atoms with E-state index in [1.807, 2.05) is 25.1 Å². The van der Waals surface area contributed by atoms with Gasteiger partial charge in [-0.25, -0.2) is 9.48 Å². The fraction of sp³-hybridized carbons (Fsp3) is 0.471. The zero-order valence-corrected chi connectivity index (χ0v) is 13.3. The van der Waals surface area contributed by atoms with Gasteiger partial charge in [0.2, 0.25) is 5.82 Å². The zero-order valence-electron chi connectivity index (χ0n) is 13.3. The van der Waals surface area contributed by atoms with Crippen LogP contribution in [0.5, 0.6) is 0 Å². The van der Waals surface area contributed by atoms with Crippen LogP contribution in [0.25, 0.3) is 0 Å². The Balaban J connectivity index is 1.63. The lowest BCUT2D eigenvalue weighted by atomic mass is 9.65. The summed E-state index contributed by atoms with van der Waals surface area (Å²) >= 11 is 0. The molecule has 6 nitrogen and oxygen atoms in total. The molecule has 1 heterocycles. The molecule has 1 amide bonds. The lowest BCUT2D eigenvalue weighted by molar-refractivity contribution is 0.0850. The van der Waals surface area contributed by atoms with E-state index in [0.29, 0.717) is 13.1 Å². The number of H-pyrrole nitrogens is 1. The van der Waals surface area contributed by atoms with Crippen molar-refractivity contribution >= 4 is 5.91 Å². The molecule has 23 heavy (non-hydrogen) atoms. The van der Waals surface area contributed by atoms with Gasteiger partial charge in [-0.05, 0) is 37.2 Å². The lowest BCUT2D eigenvalue weighted by Gasteiger charge is -2.42. The molecule has 2 aromatic rings. The standard InChI is InChI=1S/C17H22N4O2/c1-2-21-16(23)19-14(20-21)15(22)18-12-17(9-6-10-17)11-13-7-4-3-5-8-13/h3-5,7-8H,2,6,9-12H2,1H3,(H,18,22)(H,19,20,23). The van der Waals surface area contributed by atoms with Crippen LogP contribution in [-0.4, -0.2) is 27.2 Å². The third-order valence-corrected chi connectivity index (χ3v) is 4.66. The van der Waals surface area contributed by atoms with E-state index in [0.717, 1.165) is 19.3 Å². The highest BCUT2D eigenvalue weighted by Gasteiger charge is 2.37. The first-order chi connectivity index (χ1) is 11.1. The maximum atomic E-state index is 12.2. The number of aryl methyl sites for hydroxylation is 1. The smallest absolute Gasteiger partial charge is 0.343 e. The van der Waals surface area contributed by atoms with Crippen molar-refractivity contribution in [1.29, 1.82) is 0 Å². The van der Waals surface area contributed by atoms with Crippen molar-refractivity contribution in [3.63, 3.8) is 0 Å². The average Bonchev–Trinajstić information content (AvgIpc) is 2.91. The van der Waals surface area contributed by atoms with E-state index in [1.54, 1.807) is 0 Å². The molecule has 0 aliphatic heterocycles. The molecule has 0 saturated heterocycles. The monoisotopic (exact) mass is 314 g/mol. The van der Waals surface area contributed by atoms with Crippen LogP contribution < -0.4 is 11.0 Å². The van der Waals surface area contributed by atoms with Gasteiger partial charge in [0.25, 0.3) is 5.91 Å². The summed E-state index contributed by atoms with van der Waals surface area (Å²) in [4.78, 5) is 26.3. The van der Waals surface area contributed by atoms with Gasteiger partial charge >= 0.3 is 5.69 Å². The molecule has 0 unspecified atom stereocenters. The Kier molecular flexibility index (Phi) is 4.32. The number of aromatic amines is 1. The fourth-order valence-electron chi connectivity index (χ4n) is 3.15. The van der Waals surface area contributed by atoms with E-state index in [-0.39, 0.29) is 22.8 Å². The van der Waals surface area contributed by atoms with E-state index in [9.17, 15) is 9.59 Å². The molecule has 1 aromatic heterocycles. The van der Waals surface area contributed by atoms with Crippen LogP contribution >= 0.6 is 0 Å². The molecule has 0 bridgehead atoms. The molecule has 1 aliphatic carbocycles. The summed E-state index contributed by atoms with van der Waals surface area (Å²) in [6.07, 6.45) is 4.39. The largest absolute Gasteiger partial charge is 0.349 e. The summed E-state index contributed by atoms with van der Waals surface area (Å²) in [5.41, 5.74) is 1.08. The Bertz CT molecular complexity index is 729. The SMILES string of the molecule is CCn1nc(C(=O)NCC2(Cc3ccccc3)CCC2)[nH]c1=O.